The van der Waals surface area contributed by atoms with Gasteiger partial charge in [0.05, 0.1) is 28.5 Å². The van der Waals surface area contributed by atoms with Gasteiger partial charge in [-0.1, -0.05) is 65.9 Å². The summed E-state index contributed by atoms with van der Waals surface area (Å²) in [4.78, 5) is 32.1. The first kappa shape index (κ1) is 22.7. The lowest BCUT2D eigenvalue weighted by Crippen LogP contribution is -2.40. The summed E-state index contributed by atoms with van der Waals surface area (Å²) in [6.45, 7) is 3.83. The maximum absolute atomic E-state index is 13.8. The van der Waals surface area contributed by atoms with Crippen LogP contribution >= 0.6 is 33.9 Å². The summed E-state index contributed by atoms with van der Waals surface area (Å²) in [5.41, 5.74) is 2.61. The molecular weight excluding hydrogens is 559 g/mol. The van der Waals surface area contributed by atoms with Gasteiger partial charge in [-0.25, -0.2) is 9.79 Å². The van der Waals surface area contributed by atoms with E-state index in [4.69, 9.17) is 4.74 Å². The van der Waals surface area contributed by atoms with Crippen LogP contribution in [0.25, 0.3) is 16.8 Å². The quantitative estimate of drug-likeness (QED) is 0.263. The van der Waals surface area contributed by atoms with Gasteiger partial charge >= 0.3 is 5.97 Å². The highest BCUT2D eigenvalue weighted by atomic mass is 127. The van der Waals surface area contributed by atoms with Gasteiger partial charge in [0.15, 0.2) is 4.80 Å². The number of nitrogens with zero attached hydrogens (tertiary/aromatic N) is 2. The van der Waals surface area contributed by atoms with E-state index in [1.165, 1.54) is 11.3 Å². The highest BCUT2D eigenvalue weighted by molar-refractivity contribution is 14.1. The fraction of sp³-hybridized carbons (Fsp3) is 0.148. The molecule has 3 aromatic carbocycles. The van der Waals surface area contributed by atoms with Crippen LogP contribution in [0.4, 0.5) is 0 Å². The molecule has 0 saturated heterocycles. The number of benzene rings is 3. The number of rotatable bonds is 4. The molecule has 0 bridgehead atoms. The highest BCUT2D eigenvalue weighted by Crippen LogP contribution is 2.34. The first-order chi connectivity index (χ1) is 16.5. The van der Waals surface area contributed by atoms with E-state index in [-0.39, 0.29) is 12.2 Å². The van der Waals surface area contributed by atoms with E-state index in [1.54, 1.807) is 18.4 Å². The molecule has 1 atom stereocenters. The van der Waals surface area contributed by atoms with E-state index in [2.05, 4.69) is 27.6 Å². The molecule has 0 radical (unpaired) electrons. The molecule has 4 aromatic rings. The summed E-state index contributed by atoms with van der Waals surface area (Å²) in [7, 11) is 0. The van der Waals surface area contributed by atoms with Crippen molar-refractivity contribution in [2.45, 2.75) is 19.9 Å². The number of hydrogen-bond acceptors (Lipinski definition) is 5. The van der Waals surface area contributed by atoms with Crippen molar-refractivity contribution in [1.82, 2.24) is 4.57 Å². The molecule has 170 valence electrons. The summed E-state index contributed by atoms with van der Waals surface area (Å²) >= 11 is 3.59. The van der Waals surface area contributed by atoms with Gasteiger partial charge in [0.25, 0.3) is 5.56 Å². The number of ether oxygens (including phenoxy) is 1. The molecule has 7 heteroatoms. The van der Waals surface area contributed by atoms with Crippen LogP contribution < -0.4 is 14.9 Å². The van der Waals surface area contributed by atoms with Crippen LogP contribution in [0.3, 0.4) is 0 Å². The van der Waals surface area contributed by atoms with Gasteiger partial charge in [0.1, 0.15) is 0 Å². The molecular formula is C27H21IN2O3S. The van der Waals surface area contributed by atoms with E-state index >= 15 is 0 Å². The Labute approximate surface area is 213 Å². The first-order valence-electron chi connectivity index (χ1n) is 10.9. The Bertz CT molecular complexity index is 1640. The lowest BCUT2D eigenvalue weighted by atomic mass is 9.91. The molecule has 34 heavy (non-hydrogen) atoms. The van der Waals surface area contributed by atoms with E-state index in [0.29, 0.717) is 20.6 Å². The van der Waals surface area contributed by atoms with Gasteiger partial charge in [0, 0.05) is 3.57 Å². The van der Waals surface area contributed by atoms with Crippen molar-refractivity contribution in [2.24, 2.45) is 4.99 Å². The second-order valence-electron chi connectivity index (χ2n) is 7.93. The second-order valence-corrected chi connectivity index (χ2v) is 10.2. The third-order valence-electron chi connectivity index (χ3n) is 5.78. The van der Waals surface area contributed by atoms with E-state index in [9.17, 15) is 9.59 Å². The van der Waals surface area contributed by atoms with Gasteiger partial charge in [-0.3, -0.25) is 9.36 Å². The van der Waals surface area contributed by atoms with E-state index in [0.717, 1.165) is 25.5 Å². The molecule has 1 aliphatic heterocycles. The Hall–Kier alpha value is -3.04. The van der Waals surface area contributed by atoms with Gasteiger partial charge in [-0.05, 0) is 76.5 Å². The molecule has 1 aliphatic rings. The maximum Gasteiger partial charge on any atom is 0.338 e. The lowest BCUT2D eigenvalue weighted by molar-refractivity contribution is -0.139. The Morgan fingerprint density at radius 1 is 1.15 bits per heavy atom. The number of carbonyl (C=O) groups excluding carboxylic acids is 1. The molecule has 5 rings (SSSR count). The standard InChI is InChI=1S/C27H21IN2O3S/c1-3-33-26(32)23-16(2)29-27-30(24(23)21-13-7-10-18-9-4-5-12-20(18)21)25(31)22(34-27)15-17-8-6-11-19(28)14-17/h4-15,24H,3H2,1-2H3/b22-15-/t24-/m1/s1. The third kappa shape index (κ3) is 4.03. The van der Waals surface area contributed by atoms with Crippen LogP contribution in [-0.2, 0) is 9.53 Å². The zero-order valence-electron chi connectivity index (χ0n) is 18.6. The molecule has 0 amide bonds. The molecule has 1 aromatic heterocycles. The van der Waals surface area contributed by atoms with Crippen molar-refractivity contribution >= 4 is 56.7 Å². The zero-order valence-corrected chi connectivity index (χ0v) is 21.6. The first-order valence-corrected chi connectivity index (χ1v) is 12.8. The van der Waals surface area contributed by atoms with Crippen molar-refractivity contribution in [3.63, 3.8) is 0 Å². The minimum atomic E-state index is -0.626. The molecule has 0 spiro atoms. The Morgan fingerprint density at radius 3 is 2.71 bits per heavy atom. The van der Waals surface area contributed by atoms with Crippen LogP contribution in [0.15, 0.2) is 87.8 Å². The number of halogens is 1. The van der Waals surface area contributed by atoms with E-state index in [1.807, 2.05) is 72.8 Å². The van der Waals surface area contributed by atoms with Gasteiger partial charge < -0.3 is 4.74 Å². The zero-order chi connectivity index (χ0) is 23.8. The van der Waals surface area contributed by atoms with Gasteiger partial charge in [0.2, 0.25) is 0 Å². The summed E-state index contributed by atoms with van der Waals surface area (Å²) in [5, 5.41) is 2.03. The maximum atomic E-state index is 13.8. The average Bonchev–Trinajstić information content (AvgIpc) is 3.12. The van der Waals surface area contributed by atoms with Crippen LogP contribution in [-0.4, -0.2) is 17.1 Å². The van der Waals surface area contributed by atoms with Crippen molar-refractivity contribution in [1.29, 1.82) is 0 Å². The largest absolute Gasteiger partial charge is 0.463 e. The fourth-order valence-corrected chi connectivity index (χ4v) is 5.94. The van der Waals surface area contributed by atoms with Crippen molar-refractivity contribution < 1.29 is 9.53 Å². The Morgan fingerprint density at radius 2 is 1.91 bits per heavy atom. The number of aromatic nitrogens is 1. The highest BCUT2D eigenvalue weighted by Gasteiger charge is 2.34. The van der Waals surface area contributed by atoms with Crippen molar-refractivity contribution in [3.8, 4) is 0 Å². The van der Waals surface area contributed by atoms with Crippen molar-refractivity contribution in [2.75, 3.05) is 6.61 Å². The monoisotopic (exact) mass is 580 g/mol. The molecule has 0 unspecified atom stereocenters. The van der Waals surface area contributed by atoms with Crippen LogP contribution in [0.1, 0.15) is 31.0 Å². The van der Waals surface area contributed by atoms with Crippen LogP contribution in [0.5, 0.6) is 0 Å². The van der Waals surface area contributed by atoms with Gasteiger partial charge in [-0.2, -0.15) is 0 Å². The minimum Gasteiger partial charge on any atom is -0.463 e. The average molecular weight is 580 g/mol. The Kier molecular flexibility index (Phi) is 6.22. The normalized spacial score (nSPS) is 15.9. The lowest BCUT2D eigenvalue weighted by Gasteiger charge is -2.25. The SMILES string of the molecule is CCOC(=O)C1=C(C)N=c2s/c(=C\c3cccc(I)c3)c(=O)n2[C@@H]1c1cccc2ccccc12. The summed E-state index contributed by atoms with van der Waals surface area (Å²) in [6.07, 6.45) is 1.88. The fourth-order valence-electron chi connectivity index (χ4n) is 4.32. The molecule has 2 heterocycles. The van der Waals surface area contributed by atoms with Crippen LogP contribution in [0.2, 0.25) is 0 Å². The molecule has 0 fully saturated rings. The summed E-state index contributed by atoms with van der Waals surface area (Å²) < 4.78 is 8.72. The number of hydrogen-bond donors (Lipinski definition) is 0. The minimum absolute atomic E-state index is 0.171. The number of esters is 1. The molecule has 0 N–H and O–H groups in total. The summed E-state index contributed by atoms with van der Waals surface area (Å²) in [6, 6.07) is 21.3. The number of carbonyl (C=O) groups is 1. The van der Waals surface area contributed by atoms with Crippen LogP contribution in [0, 0.1) is 3.57 Å². The molecule has 0 saturated carbocycles. The predicted molar refractivity (Wildman–Crippen MR) is 144 cm³/mol. The Balaban J connectivity index is 1.81. The molecule has 0 aliphatic carbocycles. The van der Waals surface area contributed by atoms with Crippen molar-refractivity contribution in [3.05, 3.63) is 112 Å². The smallest absolute Gasteiger partial charge is 0.338 e. The number of thiazole rings is 1. The topological polar surface area (TPSA) is 60.7 Å². The second kappa shape index (κ2) is 9.31. The predicted octanol–water partition coefficient (Wildman–Crippen LogP) is 4.56. The number of fused-ring (bicyclic) bond motifs is 2. The van der Waals surface area contributed by atoms with Gasteiger partial charge in [-0.15, -0.1) is 0 Å². The number of allylic oxidation sites excluding steroid dienone is 1. The molecule has 5 nitrogen and oxygen atoms in total. The summed E-state index contributed by atoms with van der Waals surface area (Å²) in [5.74, 6) is -0.450. The van der Waals surface area contributed by atoms with E-state index < -0.39 is 12.0 Å². The third-order valence-corrected chi connectivity index (χ3v) is 7.44.